The van der Waals surface area contributed by atoms with Crippen LogP contribution in [0.5, 0.6) is 0 Å². The predicted octanol–water partition coefficient (Wildman–Crippen LogP) is 4.30. The third-order valence-electron chi connectivity index (χ3n) is 3.10. The Morgan fingerprint density at radius 3 is 2.63 bits per heavy atom. The van der Waals surface area contributed by atoms with Crippen LogP contribution in [0, 0.1) is 17.4 Å². The van der Waals surface area contributed by atoms with Gasteiger partial charge in [-0.25, -0.2) is 4.98 Å². The lowest BCUT2D eigenvalue weighted by molar-refractivity contribution is 0.617. The smallest absolute Gasteiger partial charge is 0.227 e. The fourth-order valence-corrected chi connectivity index (χ4v) is 2.46. The highest BCUT2D eigenvalue weighted by Crippen LogP contribution is 2.29. The second-order valence-electron chi connectivity index (χ2n) is 4.67. The normalized spacial score (nSPS) is 11.1. The fraction of sp³-hybridized carbons (Fsp3) is 0.133. The Balaban J connectivity index is 2.20. The van der Waals surface area contributed by atoms with Crippen molar-refractivity contribution in [1.82, 2.24) is 4.98 Å². The Hall–Kier alpha value is -1.56. The number of nitrogen functional groups attached to an aromatic ring is 1. The highest BCUT2D eigenvalue weighted by atomic mass is 127. The Morgan fingerprint density at radius 1 is 1.11 bits per heavy atom. The second-order valence-corrected chi connectivity index (χ2v) is 5.83. The molecule has 0 atom stereocenters. The summed E-state index contributed by atoms with van der Waals surface area (Å²) in [5.41, 5.74) is 11.4. The summed E-state index contributed by atoms with van der Waals surface area (Å²) in [4.78, 5) is 4.53. The molecule has 1 heterocycles. The molecule has 3 rings (SSSR count). The second kappa shape index (κ2) is 4.52. The first-order chi connectivity index (χ1) is 9.04. The third kappa shape index (κ3) is 2.20. The molecule has 0 aliphatic rings. The average molecular weight is 364 g/mol. The van der Waals surface area contributed by atoms with Gasteiger partial charge in [0, 0.05) is 14.8 Å². The molecule has 0 bridgehead atoms. The van der Waals surface area contributed by atoms with Gasteiger partial charge in [0.25, 0.3) is 0 Å². The van der Waals surface area contributed by atoms with Gasteiger partial charge >= 0.3 is 0 Å². The summed E-state index contributed by atoms with van der Waals surface area (Å²) in [6.07, 6.45) is 0. The molecule has 1 aromatic heterocycles. The van der Waals surface area contributed by atoms with Gasteiger partial charge in [-0.15, -0.1) is 0 Å². The first-order valence-corrected chi connectivity index (χ1v) is 7.05. The number of nitrogens with zero attached hydrogens (tertiary/aromatic N) is 1. The van der Waals surface area contributed by atoms with E-state index >= 15 is 0 Å². The van der Waals surface area contributed by atoms with Crippen molar-refractivity contribution in [3.8, 4) is 11.5 Å². The number of nitrogens with two attached hydrogens (primary N) is 1. The fourth-order valence-electron chi connectivity index (χ4n) is 2.13. The van der Waals surface area contributed by atoms with E-state index in [1.54, 1.807) is 0 Å². The zero-order valence-corrected chi connectivity index (χ0v) is 12.9. The molecule has 0 unspecified atom stereocenters. The van der Waals surface area contributed by atoms with Crippen molar-refractivity contribution >= 4 is 39.4 Å². The molecule has 19 heavy (non-hydrogen) atoms. The molecule has 0 aliphatic heterocycles. The summed E-state index contributed by atoms with van der Waals surface area (Å²) in [5.74, 6) is 0.642. The third-order valence-corrected chi connectivity index (χ3v) is 4.31. The van der Waals surface area contributed by atoms with E-state index in [1.807, 2.05) is 25.1 Å². The number of halogens is 1. The number of aryl methyl sites for hydroxylation is 2. The molecule has 0 saturated carbocycles. The molecule has 2 N–H and O–H groups in total. The summed E-state index contributed by atoms with van der Waals surface area (Å²) in [7, 11) is 0. The molecule has 0 saturated heterocycles. The first-order valence-electron chi connectivity index (χ1n) is 5.98. The number of anilines is 1. The van der Waals surface area contributed by atoms with Gasteiger partial charge in [-0.2, -0.15) is 0 Å². The van der Waals surface area contributed by atoms with Gasteiger partial charge in [-0.3, -0.25) is 0 Å². The van der Waals surface area contributed by atoms with Crippen LogP contribution in [0.15, 0.2) is 34.7 Å². The highest BCUT2D eigenvalue weighted by molar-refractivity contribution is 14.1. The first kappa shape index (κ1) is 12.5. The maximum absolute atomic E-state index is 5.87. The van der Waals surface area contributed by atoms with Crippen molar-refractivity contribution in [3.63, 3.8) is 0 Å². The Bertz CT molecular complexity index is 777. The van der Waals surface area contributed by atoms with Crippen LogP contribution in [0.3, 0.4) is 0 Å². The van der Waals surface area contributed by atoms with E-state index in [1.165, 1.54) is 9.13 Å². The van der Waals surface area contributed by atoms with Crippen molar-refractivity contribution in [2.24, 2.45) is 0 Å². The lowest BCUT2D eigenvalue weighted by Crippen LogP contribution is -1.85. The monoisotopic (exact) mass is 364 g/mol. The van der Waals surface area contributed by atoms with Gasteiger partial charge < -0.3 is 10.2 Å². The zero-order chi connectivity index (χ0) is 13.6. The van der Waals surface area contributed by atoms with E-state index in [9.17, 15) is 0 Å². The van der Waals surface area contributed by atoms with E-state index in [0.29, 0.717) is 11.6 Å². The van der Waals surface area contributed by atoms with Gasteiger partial charge in [0.05, 0.1) is 0 Å². The molecule has 3 nitrogen and oxygen atoms in total. The molecular weight excluding hydrogens is 351 g/mol. The number of rotatable bonds is 1. The molecule has 0 radical (unpaired) electrons. The summed E-state index contributed by atoms with van der Waals surface area (Å²) in [6, 6.07) is 9.93. The topological polar surface area (TPSA) is 52.0 Å². The molecule has 0 aliphatic carbocycles. The standard InChI is InChI=1S/C15H13IN2O/c1-8-5-10(3-4-12(8)16)15-18-13-7-11(17)6-9(2)14(13)19-15/h3-7H,17H2,1-2H3. The molecule has 3 aromatic rings. The molecule has 0 spiro atoms. The summed E-state index contributed by atoms with van der Waals surface area (Å²) < 4.78 is 7.10. The zero-order valence-electron chi connectivity index (χ0n) is 10.7. The van der Waals surface area contributed by atoms with E-state index in [4.69, 9.17) is 10.2 Å². The SMILES string of the molecule is Cc1cc(-c2nc3cc(N)cc(C)c3o2)ccc1I. The Morgan fingerprint density at radius 2 is 1.89 bits per heavy atom. The molecule has 0 amide bonds. The van der Waals surface area contributed by atoms with Gasteiger partial charge in [0.1, 0.15) is 5.52 Å². The molecule has 2 aromatic carbocycles. The number of fused-ring (bicyclic) bond motifs is 1. The Kier molecular flexibility index (Phi) is 2.97. The van der Waals surface area contributed by atoms with Crippen LogP contribution in [-0.2, 0) is 0 Å². The van der Waals surface area contributed by atoms with Gasteiger partial charge in [-0.05, 0) is 77.9 Å². The van der Waals surface area contributed by atoms with E-state index < -0.39 is 0 Å². The summed E-state index contributed by atoms with van der Waals surface area (Å²) in [5, 5.41) is 0. The van der Waals surface area contributed by atoms with E-state index in [-0.39, 0.29) is 0 Å². The molecule has 4 heteroatoms. The van der Waals surface area contributed by atoms with Crippen molar-refractivity contribution in [1.29, 1.82) is 0 Å². The van der Waals surface area contributed by atoms with Crippen molar-refractivity contribution in [2.75, 3.05) is 5.73 Å². The quantitative estimate of drug-likeness (QED) is 0.518. The van der Waals surface area contributed by atoms with Crippen LogP contribution >= 0.6 is 22.6 Å². The van der Waals surface area contributed by atoms with Gasteiger partial charge in [0.15, 0.2) is 5.58 Å². The number of oxazole rings is 1. The summed E-state index contributed by atoms with van der Waals surface area (Å²) in [6.45, 7) is 4.06. The van der Waals surface area contributed by atoms with E-state index in [0.717, 1.165) is 22.2 Å². The highest BCUT2D eigenvalue weighted by Gasteiger charge is 2.11. The Labute approximate surface area is 125 Å². The molecule has 96 valence electrons. The number of benzene rings is 2. The lowest BCUT2D eigenvalue weighted by atomic mass is 10.1. The number of hydrogen-bond donors (Lipinski definition) is 1. The van der Waals surface area contributed by atoms with Crippen LogP contribution in [-0.4, -0.2) is 4.98 Å². The minimum absolute atomic E-state index is 0.642. The van der Waals surface area contributed by atoms with Crippen LogP contribution < -0.4 is 5.73 Å². The number of aromatic nitrogens is 1. The largest absolute Gasteiger partial charge is 0.436 e. The molecule has 0 fully saturated rings. The van der Waals surface area contributed by atoms with Crippen molar-refractivity contribution in [2.45, 2.75) is 13.8 Å². The van der Waals surface area contributed by atoms with Crippen LogP contribution in [0.25, 0.3) is 22.6 Å². The summed E-state index contributed by atoms with van der Waals surface area (Å²) >= 11 is 2.32. The van der Waals surface area contributed by atoms with Crippen LogP contribution in [0.1, 0.15) is 11.1 Å². The minimum atomic E-state index is 0.642. The maximum atomic E-state index is 5.87. The predicted molar refractivity (Wildman–Crippen MR) is 86.0 cm³/mol. The minimum Gasteiger partial charge on any atom is -0.436 e. The number of hydrogen-bond acceptors (Lipinski definition) is 3. The maximum Gasteiger partial charge on any atom is 0.227 e. The van der Waals surface area contributed by atoms with Crippen LogP contribution in [0.4, 0.5) is 5.69 Å². The van der Waals surface area contributed by atoms with E-state index in [2.05, 4.69) is 46.6 Å². The molecular formula is C15H13IN2O. The lowest BCUT2D eigenvalue weighted by Gasteiger charge is -2.00. The van der Waals surface area contributed by atoms with Crippen LogP contribution in [0.2, 0.25) is 0 Å². The van der Waals surface area contributed by atoms with Gasteiger partial charge in [0.2, 0.25) is 5.89 Å². The van der Waals surface area contributed by atoms with Crippen molar-refractivity contribution in [3.05, 3.63) is 45.0 Å². The average Bonchev–Trinajstić information content (AvgIpc) is 2.76. The van der Waals surface area contributed by atoms with Gasteiger partial charge in [-0.1, -0.05) is 0 Å². The van der Waals surface area contributed by atoms with Crippen molar-refractivity contribution < 1.29 is 4.42 Å².